The fourth-order valence-electron chi connectivity index (χ4n) is 1.83. The van der Waals surface area contributed by atoms with Gasteiger partial charge >= 0.3 is 0 Å². The molecule has 0 saturated heterocycles. The van der Waals surface area contributed by atoms with Gasteiger partial charge in [0.15, 0.2) is 11.6 Å². The molecule has 2 aromatic heterocycles. The predicted molar refractivity (Wildman–Crippen MR) is 77.4 cm³/mol. The monoisotopic (exact) mass is 259 g/mol. The summed E-state index contributed by atoms with van der Waals surface area (Å²) in [5, 5.41) is 3.24. The van der Waals surface area contributed by atoms with Gasteiger partial charge in [-0.25, -0.2) is 9.97 Å². The van der Waals surface area contributed by atoms with E-state index in [0.717, 1.165) is 36.0 Å². The lowest BCUT2D eigenvalue weighted by Crippen LogP contribution is -2.04. The predicted octanol–water partition coefficient (Wildman–Crippen LogP) is 3.85. The molecule has 0 aliphatic rings. The van der Waals surface area contributed by atoms with Gasteiger partial charge in [0.1, 0.15) is 11.6 Å². The molecule has 2 aromatic rings. The molecule has 0 aromatic carbocycles. The second-order valence-corrected chi connectivity index (χ2v) is 4.81. The Morgan fingerprint density at radius 1 is 1.21 bits per heavy atom. The van der Waals surface area contributed by atoms with Crippen molar-refractivity contribution in [2.45, 2.75) is 40.0 Å². The van der Waals surface area contributed by atoms with Gasteiger partial charge in [0.05, 0.1) is 0 Å². The molecular formula is C15H21N3O. The number of rotatable bonds is 5. The summed E-state index contributed by atoms with van der Waals surface area (Å²) in [5.41, 5.74) is 1.02. The molecule has 0 bridgehead atoms. The van der Waals surface area contributed by atoms with Crippen LogP contribution in [0.1, 0.15) is 45.1 Å². The van der Waals surface area contributed by atoms with Crippen LogP contribution in [0.5, 0.6) is 0 Å². The highest BCUT2D eigenvalue weighted by atomic mass is 16.3. The lowest BCUT2D eigenvalue weighted by Gasteiger charge is -2.09. The number of furan rings is 1. The van der Waals surface area contributed by atoms with Crippen molar-refractivity contribution < 1.29 is 4.42 Å². The lowest BCUT2D eigenvalue weighted by molar-refractivity contribution is 0.525. The number of hydrogen-bond donors (Lipinski definition) is 1. The molecule has 0 spiro atoms. The molecule has 0 unspecified atom stereocenters. The Bertz CT molecular complexity index is 546. The molecule has 0 fully saturated rings. The first-order valence-corrected chi connectivity index (χ1v) is 6.86. The van der Waals surface area contributed by atoms with Crippen molar-refractivity contribution in [1.82, 2.24) is 9.97 Å². The standard InChI is InChI=1S/C15H21N3O/c1-5-11-7-8-13(19-11)15-17-12(10(3)4)9-14(18-15)16-6-2/h7-10H,5-6H2,1-4H3,(H,16,17,18). The van der Waals surface area contributed by atoms with Gasteiger partial charge in [-0.05, 0) is 25.0 Å². The van der Waals surface area contributed by atoms with Crippen LogP contribution in [0.15, 0.2) is 22.6 Å². The Labute approximate surface area is 114 Å². The average molecular weight is 259 g/mol. The van der Waals surface area contributed by atoms with Gasteiger partial charge in [0.2, 0.25) is 0 Å². The molecule has 19 heavy (non-hydrogen) atoms. The summed E-state index contributed by atoms with van der Waals surface area (Å²) in [5.74, 6) is 3.56. The molecule has 4 heteroatoms. The molecule has 0 aliphatic carbocycles. The minimum Gasteiger partial charge on any atom is -0.458 e. The normalized spacial score (nSPS) is 11.0. The maximum absolute atomic E-state index is 5.73. The third-order valence-corrected chi connectivity index (χ3v) is 2.93. The van der Waals surface area contributed by atoms with Gasteiger partial charge in [-0.1, -0.05) is 20.8 Å². The third kappa shape index (κ3) is 3.13. The van der Waals surface area contributed by atoms with Gasteiger partial charge in [0.25, 0.3) is 0 Å². The van der Waals surface area contributed by atoms with E-state index in [0.29, 0.717) is 11.7 Å². The van der Waals surface area contributed by atoms with Crippen molar-refractivity contribution in [3.8, 4) is 11.6 Å². The van der Waals surface area contributed by atoms with Crippen LogP contribution < -0.4 is 5.32 Å². The number of anilines is 1. The van der Waals surface area contributed by atoms with Crippen molar-refractivity contribution >= 4 is 5.82 Å². The zero-order valence-corrected chi connectivity index (χ0v) is 12.0. The van der Waals surface area contributed by atoms with Crippen molar-refractivity contribution in [2.75, 3.05) is 11.9 Å². The second-order valence-electron chi connectivity index (χ2n) is 4.81. The zero-order valence-electron chi connectivity index (χ0n) is 12.0. The number of aryl methyl sites for hydroxylation is 1. The first-order chi connectivity index (χ1) is 9.13. The average Bonchev–Trinajstić information content (AvgIpc) is 2.87. The Hall–Kier alpha value is -1.84. The first kappa shape index (κ1) is 13.6. The minimum absolute atomic E-state index is 0.361. The van der Waals surface area contributed by atoms with Crippen molar-refractivity contribution in [3.63, 3.8) is 0 Å². The Morgan fingerprint density at radius 2 is 2.00 bits per heavy atom. The highest BCUT2D eigenvalue weighted by Gasteiger charge is 2.12. The number of aromatic nitrogens is 2. The van der Waals surface area contributed by atoms with Crippen LogP contribution in [0.2, 0.25) is 0 Å². The molecule has 1 N–H and O–H groups in total. The van der Waals surface area contributed by atoms with E-state index >= 15 is 0 Å². The molecular weight excluding hydrogens is 238 g/mol. The summed E-state index contributed by atoms with van der Waals surface area (Å²) in [4.78, 5) is 9.10. The van der Waals surface area contributed by atoms with Crippen LogP contribution in [0.3, 0.4) is 0 Å². The smallest absolute Gasteiger partial charge is 0.197 e. The Morgan fingerprint density at radius 3 is 2.58 bits per heavy atom. The van der Waals surface area contributed by atoms with Crippen LogP contribution in [-0.2, 0) is 6.42 Å². The van der Waals surface area contributed by atoms with Gasteiger partial charge in [-0.3, -0.25) is 0 Å². The van der Waals surface area contributed by atoms with Gasteiger partial charge in [-0.2, -0.15) is 0 Å². The SMILES string of the molecule is CCNc1cc(C(C)C)nc(-c2ccc(CC)o2)n1. The van der Waals surface area contributed by atoms with Crippen molar-refractivity contribution in [2.24, 2.45) is 0 Å². The zero-order chi connectivity index (χ0) is 13.8. The molecule has 0 saturated carbocycles. The van der Waals surface area contributed by atoms with Gasteiger partial charge < -0.3 is 9.73 Å². The summed E-state index contributed by atoms with van der Waals surface area (Å²) < 4.78 is 5.73. The van der Waals surface area contributed by atoms with Crippen LogP contribution in [-0.4, -0.2) is 16.5 Å². The number of nitrogens with one attached hydrogen (secondary N) is 1. The van der Waals surface area contributed by atoms with E-state index in [9.17, 15) is 0 Å². The van der Waals surface area contributed by atoms with Gasteiger partial charge in [-0.15, -0.1) is 0 Å². The maximum atomic E-state index is 5.73. The molecule has 0 aliphatic heterocycles. The van der Waals surface area contributed by atoms with Crippen LogP contribution >= 0.6 is 0 Å². The topological polar surface area (TPSA) is 51.0 Å². The van der Waals surface area contributed by atoms with E-state index < -0.39 is 0 Å². The summed E-state index contributed by atoms with van der Waals surface area (Å²) >= 11 is 0. The molecule has 0 radical (unpaired) electrons. The molecule has 0 amide bonds. The van der Waals surface area contributed by atoms with Crippen LogP contribution in [0.4, 0.5) is 5.82 Å². The second kappa shape index (κ2) is 5.87. The number of nitrogens with zero attached hydrogens (tertiary/aromatic N) is 2. The largest absolute Gasteiger partial charge is 0.458 e. The fraction of sp³-hybridized carbons (Fsp3) is 0.467. The Kier molecular flexibility index (Phi) is 4.20. The van der Waals surface area contributed by atoms with E-state index in [1.807, 2.05) is 18.2 Å². The Balaban J connectivity index is 2.43. The fourth-order valence-corrected chi connectivity index (χ4v) is 1.83. The maximum Gasteiger partial charge on any atom is 0.197 e. The van der Waals surface area contributed by atoms with E-state index in [4.69, 9.17) is 4.42 Å². The molecule has 2 rings (SSSR count). The lowest BCUT2D eigenvalue weighted by atomic mass is 10.1. The van der Waals surface area contributed by atoms with Crippen LogP contribution in [0, 0.1) is 0 Å². The number of hydrogen-bond acceptors (Lipinski definition) is 4. The summed E-state index contributed by atoms with van der Waals surface area (Å²) in [6.07, 6.45) is 0.879. The highest BCUT2D eigenvalue weighted by Crippen LogP contribution is 2.23. The van der Waals surface area contributed by atoms with Crippen molar-refractivity contribution in [1.29, 1.82) is 0 Å². The van der Waals surface area contributed by atoms with E-state index in [2.05, 4.69) is 43.0 Å². The van der Waals surface area contributed by atoms with E-state index in [-0.39, 0.29) is 0 Å². The van der Waals surface area contributed by atoms with E-state index in [1.54, 1.807) is 0 Å². The van der Waals surface area contributed by atoms with E-state index in [1.165, 1.54) is 0 Å². The highest BCUT2D eigenvalue weighted by molar-refractivity contribution is 5.52. The summed E-state index contributed by atoms with van der Waals surface area (Å²) in [6, 6.07) is 5.92. The van der Waals surface area contributed by atoms with Crippen LogP contribution in [0.25, 0.3) is 11.6 Å². The molecule has 0 atom stereocenters. The molecule has 4 nitrogen and oxygen atoms in total. The summed E-state index contributed by atoms with van der Waals surface area (Å²) in [7, 11) is 0. The third-order valence-electron chi connectivity index (χ3n) is 2.93. The van der Waals surface area contributed by atoms with Gasteiger partial charge in [0, 0.05) is 24.7 Å². The quantitative estimate of drug-likeness (QED) is 0.886. The molecule has 102 valence electrons. The summed E-state index contributed by atoms with van der Waals surface area (Å²) in [6.45, 7) is 9.21. The van der Waals surface area contributed by atoms with Crippen molar-refractivity contribution in [3.05, 3.63) is 29.7 Å². The molecule has 2 heterocycles. The first-order valence-electron chi connectivity index (χ1n) is 6.86. The minimum atomic E-state index is 0.361.